The first-order valence-electron chi connectivity index (χ1n) is 12.6. The summed E-state index contributed by atoms with van der Waals surface area (Å²) in [5.74, 6) is -5.79. The Morgan fingerprint density at radius 2 is 1.82 bits per heavy atom. The first-order valence-corrected chi connectivity index (χ1v) is 12.6. The number of likely N-dealkylation sites (tertiary alicyclic amines) is 1. The number of aliphatic hydroxyl groups excluding tert-OH is 4. The van der Waals surface area contributed by atoms with E-state index in [1.165, 1.54) is 13.0 Å². The van der Waals surface area contributed by atoms with Crippen LogP contribution in [0.25, 0.3) is 0 Å². The molecule has 9 atom stereocenters. The number of nitrogens with two attached hydrogens (primary N) is 2. The van der Waals surface area contributed by atoms with Crippen molar-refractivity contribution in [2.24, 2.45) is 11.5 Å². The number of aliphatic carboxylic acids is 1. The second-order valence-electron chi connectivity index (χ2n) is 9.76. The normalized spacial score (nSPS) is 26.6. The van der Waals surface area contributed by atoms with Crippen LogP contribution < -0.4 is 28.0 Å². The van der Waals surface area contributed by atoms with Gasteiger partial charge in [-0.05, 0) is 12.5 Å². The maximum Gasteiger partial charge on any atom is 0.404 e. The molecule has 2 saturated heterocycles. The molecule has 0 aromatic carbocycles. The number of nitrogens with zero attached hydrogens (tertiary/aromatic N) is 2. The molecule has 2 aliphatic heterocycles. The second kappa shape index (κ2) is 13.3. The molecule has 242 valence electrons. The quantitative estimate of drug-likeness (QED) is 0.102. The molecule has 44 heavy (non-hydrogen) atoms. The number of hydrogen-bond acceptors (Lipinski definition) is 14. The number of primary amides is 1. The third-order valence-electron chi connectivity index (χ3n) is 7.00. The second-order valence-corrected chi connectivity index (χ2v) is 9.76. The molecule has 0 saturated carbocycles. The summed E-state index contributed by atoms with van der Waals surface area (Å²) in [5, 5.41) is 62.7. The van der Waals surface area contributed by atoms with Crippen LogP contribution in [0.3, 0.4) is 0 Å². The number of H-pyrrole nitrogens is 1. The first-order chi connectivity index (χ1) is 20.5. The number of aliphatic hydroxyl groups is 4. The third kappa shape index (κ3) is 6.61. The summed E-state index contributed by atoms with van der Waals surface area (Å²) in [7, 11) is 0. The Hall–Kier alpha value is -4.67. The molecule has 2 aliphatic rings. The highest BCUT2D eigenvalue weighted by Gasteiger charge is 2.54. The van der Waals surface area contributed by atoms with Gasteiger partial charge in [-0.2, -0.15) is 0 Å². The van der Waals surface area contributed by atoms with E-state index in [2.05, 4.69) is 10.1 Å². The number of aromatic nitrogens is 2. The number of ether oxygens (including phenoxy) is 2. The predicted molar refractivity (Wildman–Crippen MR) is 139 cm³/mol. The van der Waals surface area contributed by atoms with E-state index >= 15 is 0 Å². The van der Waals surface area contributed by atoms with Crippen LogP contribution in [0, 0.1) is 0 Å². The molecule has 12 N–H and O–H groups in total. The summed E-state index contributed by atoms with van der Waals surface area (Å²) in [6.07, 6.45) is -11.6. The number of allylic oxidation sites excluding steroid dienone is 1. The number of aromatic carboxylic acids is 1. The van der Waals surface area contributed by atoms with E-state index in [9.17, 15) is 64.2 Å². The van der Waals surface area contributed by atoms with Crippen LogP contribution >= 0.6 is 0 Å². The smallest absolute Gasteiger partial charge is 0.404 e. The summed E-state index contributed by atoms with van der Waals surface area (Å²) in [5.41, 5.74) is 7.25. The van der Waals surface area contributed by atoms with Gasteiger partial charge < -0.3 is 61.8 Å². The number of rotatable bonds is 11. The standard InChI is InChI=1S/C23H30N6O15/c1-2-6-3-28(11(6)21(39)40)18(36)10(26-17(35)9(24)12(31)8(30)5-43-22(25)41)15-13(32)14(33)19(44-15)29-4-7(20(37)38)16(34)27-23(29)42/h2,4,8-15,19,30-33H,3,5,24H2,1H3,(H2,25,41)(H,26,35)(H,37,38)(H,39,40)(H,27,34,42)/b6-2+/t8-,9-,10-,11-,12+,13-,14+,15+,19+/m0/s1. The highest BCUT2D eigenvalue weighted by molar-refractivity contribution is 5.95. The highest BCUT2D eigenvalue weighted by atomic mass is 16.6. The van der Waals surface area contributed by atoms with E-state index in [-0.39, 0.29) is 6.54 Å². The Balaban J connectivity index is 1.97. The number of carbonyl (C=O) groups is 5. The number of amides is 3. The summed E-state index contributed by atoms with van der Waals surface area (Å²) >= 11 is 0. The van der Waals surface area contributed by atoms with E-state index in [1.807, 2.05) is 0 Å². The van der Waals surface area contributed by atoms with Gasteiger partial charge in [-0.25, -0.2) is 19.2 Å². The van der Waals surface area contributed by atoms with Crippen molar-refractivity contribution in [2.45, 2.75) is 61.8 Å². The Bertz CT molecular complexity index is 1470. The van der Waals surface area contributed by atoms with Gasteiger partial charge in [0, 0.05) is 12.7 Å². The van der Waals surface area contributed by atoms with Crippen LogP contribution in [0.2, 0.25) is 0 Å². The van der Waals surface area contributed by atoms with E-state index in [1.54, 1.807) is 4.98 Å². The zero-order chi connectivity index (χ0) is 33.2. The van der Waals surface area contributed by atoms with Crippen LogP contribution in [0.4, 0.5) is 4.79 Å². The van der Waals surface area contributed by atoms with Gasteiger partial charge in [0.2, 0.25) is 11.8 Å². The minimum absolute atomic E-state index is 0.243. The van der Waals surface area contributed by atoms with Crippen molar-refractivity contribution < 1.29 is 64.1 Å². The van der Waals surface area contributed by atoms with Crippen molar-refractivity contribution in [1.29, 1.82) is 0 Å². The molecule has 3 heterocycles. The number of hydrogen-bond donors (Lipinski definition) is 10. The molecular formula is C23H30N6O15. The fraction of sp³-hybridized carbons (Fsp3) is 0.522. The molecular weight excluding hydrogens is 600 g/mol. The number of nitrogens with one attached hydrogen (secondary N) is 2. The molecule has 0 spiro atoms. The van der Waals surface area contributed by atoms with Crippen molar-refractivity contribution in [2.75, 3.05) is 13.2 Å². The van der Waals surface area contributed by atoms with Crippen LogP contribution in [0.5, 0.6) is 0 Å². The fourth-order valence-corrected chi connectivity index (χ4v) is 4.60. The van der Waals surface area contributed by atoms with Crippen LogP contribution in [0.1, 0.15) is 23.5 Å². The van der Waals surface area contributed by atoms with Gasteiger partial charge in [-0.15, -0.1) is 0 Å². The van der Waals surface area contributed by atoms with Crippen molar-refractivity contribution >= 4 is 29.8 Å². The van der Waals surface area contributed by atoms with Gasteiger partial charge in [0.15, 0.2) is 12.3 Å². The van der Waals surface area contributed by atoms with Gasteiger partial charge in [-0.3, -0.25) is 23.9 Å². The molecule has 0 bridgehead atoms. The molecule has 3 rings (SSSR count). The lowest BCUT2D eigenvalue weighted by atomic mass is 9.92. The van der Waals surface area contributed by atoms with Crippen molar-refractivity contribution in [3.63, 3.8) is 0 Å². The summed E-state index contributed by atoms with van der Waals surface area (Å²) < 4.78 is 10.3. The van der Waals surface area contributed by atoms with Crippen molar-refractivity contribution in [3.05, 3.63) is 44.2 Å². The Labute approximate surface area is 244 Å². The Kier molecular flexibility index (Phi) is 10.2. The molecule has 0 aliphatic carbocycles. The maximum absolute atomic E-state index is 13.6. The van der Waals surface area contributed by atoms with Gasteiger partial charge in [0.25, 0.3) is 5.56 Å². The molecule has 21 nitrogen and oxygen atoms in total. The summed E-state index contributed by atoms with van der Waals surface area (Å²) in [6.45, 7) is 0.384. The van der Waals surface area contributed by atoms with E-state index in [4.69, 9.17) is 16.2 Å². The van der Waals surface area contributed by atoms with E-state index in [0.717, 1.165) is 4.90 Å². The molecule has 1 aromatic rings. The lowest BCUT2D eigenvalue weighted by Crippen LogP contribution is -2.67. The average molecular weight is 631 g/mol. The van der Waals surface area contributed by atoms with E-state index < -0.39 is 108 Å². The Morgan fingerprint density at radius 3 is 2.36 bits per heavy atom. The number of carbonyl (C=O) groups excluding carboxylic acids is 3. The van der Waals surface area contributed by atoms with Gasteiger partial charge in [-0.1, -0.05) is 6.08 Å². The zero-order valence-electron chi connectivity index (χ0n) is 22.7. The molecule has 2 fully saturated rings. The number of carboxylic acid groups (broad SMARTS) is 2. The van der Waals surface area contributed by atoms with Crippen LogP contribution in [-0.2, 0) is 23.9 Å². The zero-order valence-corrected chi connectivity index (χ0v) is 22.7. The third-order valence-corrected chi connectivity index (χ3v) is 7.00. The predicted octanol–water partition coefficient (Wildman–Crippen LogP) is -6.28. The van der Waals surface area contributed by atoms with Gasteiger partial charge in [0.1, 0.15) is 54.8 Å². The molecule has 3 amide bonds. The highest BCUT2D eigenvalue weighted by Crippen LogP contribution is 2.33. The molecule has 0 unspecified atom stereocenters. The molecule has 1 aromatic heterocycles. The van der Waals surface area contributed by atoms with Gasteiger partial charge >= 0.3 is 23.7 Å². The summed E-state index contributed by atoms with van der Waals surface area (Å²) in [4.78, 5) is 87.4. The molecule has 21 heteroatoms. The minimum atomic E-state index is -2.13. The number of carboxylic acids is 2. The topological polar surface area (TPSA) is 347 Å². The van der Waals surface area contributed by atoms with E-state index in [0.29, 0.717) is 16.3 Å². The number of aromatic amines is 1. The Morgan fingerprint density at radius 1 is 1.18 bits per heavy atom. The molecule has 0 radical (unpaired) electrons. The first kappa shape index (κ1) is 33.8. The lowest BCUT2D eigenvalue weighted by molar-refractivity contribution is -0.157. The largest absolute Gasteiger partial charge is 0.479 e. The fourth-order valence-electron chi connectivity index (χ4n) is 4.60. The monoisotopic (exact) mass is 630 g/mol. The minimum Gasteiger partial charge on any atom is -0.479 e. The van der Waals surface area contributed by atoms with Crippen LogP contribution in [-0.4, -0.2) is 137 Å². The lowest BCUT2D eigenvalue weighted by Gasteiger charge is -2.43. The van der Waals surface area contributed by atoms with Crippen molar-refractivity contribution in [3.8, 4) is 0 Å². The van der Waals surface area contributed by atoms with Crippen LogP contribution in [0.15, 0.2) is 27.4 Å². The maximum atomic E-state index is 13.6. The van der Waals surface area contributed by atoms with Crippen molar-refractivity contribution in [1.82, 2.24) is 19.8 Å². The summed E-state index contributed by atoms with van der Waals surface area (Å²) in [6, 6.07) is -5.63. The average Bonchev–Trinajstić information content (AvgIpc) is 3.21. The van der Waals surface area contributed by atoms with Gasteiger partial charge in [0.05, 0.1) is 0 Å². The SMILES string of the molecule is C/C=C1\CN(C(=O)[C@@H](NC(=O)[C@@H](N)[C@H](O)[C@@H](O)COC(N)=O)[C@H]2O[C@@H](n3cc(C(=O)O)c(=O)[nH]c3=O)[C@H](O)[C@@H]2O)[C@@H]1C(=O)O.